The third kappa shape index (κ3) is 3.78. The lowest BCUT2D eigenvalue weighted by Crippen LogP contribution is -2.49. The summed E-state index contributed by atoms with van der Waals surface area (Å²) < 4.78 is 0. The molecule has 7 heteroatoms. The number of piperazine rings is 1. The van der Waals surface area contributed by atoms with Gasteiger partial charge >= 0.3 is 6.03 Å². The molecule has 0 bridgehead atoms. The van der Waals surface area contributed by atoms with Crippen molar-refractivity contribution < 1.29 is 4.79 Å². The first-order valence-electron chi connectivity index (χ1n) is 8.67. The van der Waals surface area contributed by atoms with Crippen molar-refractivity contribution in [1.29, 1.82) is 0 Å². The van der Waals surface area contributed by atoms with Crippen LogP contribution in [0.25, 0.3) is 10.9 Å². The SMILES string of the molecule is O=C(Nc1cccnn1)N1CCN(Cc2cnc3ccccc3c2)CC1. The van der Waals surface area contributed by atoms with Gasteiger partial charge in [0.2, 0.25) is 0 Å². The summed E-state index contributed by atoms with van der Waals surface area (Å²) >= 11 is 0. The van der Waals surface area contributed by atoms with E-state index in [1.807, 2.05) is 29.3 Å². The van der Waals surface area contributed by atoms with E-state index in [2.05, 4.69) is 37.5 Å². The van der Waals surface area contributed by atoms with Crippen molar-refractivity contribution >= 4 is 22.8 Å². The summed E-state index contributed by atoms with van der Waals surface area (Å²) in [5.41, 5.74) is 2.21. The van der Waals surface area contributed by atoms with Gasteiger partial charge in [0.15, 0.2) is 5.82 Å². The smallest absolute Gasteiger partial charge is 0.322 e. The maximum absolute atomic E-state index is 12.3. The van der Waals surface area contributed by atoms with E-state index in [1.54, 1.807) is 18.3 Å². The lowest BCUT2D eigenvalue weighted by molar-refractivity contribution is 0.143. The number of hydrogen-bond acceptors (Lipinski definition) is 5. The van der Waals surface area contributed by atoms with Gasteiger partial charge < -0.3 is 4.90 Å². The Labute approximate surface area is 151 Å². The van der Waals surface area contributed by atoms with Crippen molar-refractivity contribution in [3.8, 4) is 0 Å². The molecule has 26 heavy (non-hydrogen) atoms. The van der Waals surface area contributed by atoms with Crippen LogP contribution in [-0.4, -0.2) is 57.2 Å². The van der Waals surface area contributed by atoms with Gasteiger partial charge in [0.05, 0.1) is 5.52 Å². The zero-order chi connectivity index (χ0) is 17.8. The maximum Gasteiger partial charge on any atom is 0.323 e. The molecule has 2 amide bonds. The Morgan fingerprint density at radius 2 is 1.92 bits per heavy atom. The number of carbonyl (C=O) groups is 1. The molecule has 1 aromatic carbocycles. The Morgan fingerprint density at radius 3 is 2.73 bits per heavy atom. The van der Waals surface area contributed by atoms with Crippen LogP contribution in [-0.2, 0) is 6.54 Å². The summed E-state index contributed by atoms with van der Waals surface area (Å²) in [6, 6.07) is 13.7. The number of hydrogen-bond donors (Lipinski definition) is 1. The second-order valence-corrected chi connectivity index (χ2v) is 6.34. The number of anilines is 1. The van der Waals surface area contributed by atoms with Crippen LogP contribution in [0.1, 0.15) is 5.56 Å². The van der Waals surface area contributed by atoms with Crippen LogP contribution < -0.4 is 5.32 Å². The number of amides is 2. The molecule has 1 fully saturated rings. The van der Waals surface area contributed by atoms with Gasteiger partial charge in [-0.3, -0.25) is 15.2 Å². The minimum atomic E-state index is -0.127. The van der Waals surface area contributed by atoms with E-state index in [0.717, 1.165) is 30.5 Å². The first-order valence-corrected chi connectivity index (χ1v) is 8.67. The number of urea groups is 1. The van der Waals surface area contributed by atoms with Gasteiger partial charge in [-0.05, 0) is 29.8 Å². The molecule has 0 unspecified atom stereocenters. The molecule has 3 heterocycles. The minimum Gasteiger partial charge on any atom is -0.322 e. The van der Waals surface area contributed by atoms with Gasteiger partial charge in [0, 0.05) is 50.5 Å². The van der Waals surface area contributed by atoms with Crippen molar-refractivity contribution in [2.24, 2.45) is 0 Å². The highest BCUT2D eigenvalue weighted by molar-refractivity contribution is 5.88. The molecule has 0 radical (unpaired) electrons. The molecule has 0 spiro atoms. The number of fused-ring (bicyclic) bond motifs is 1. The average Bonchev–Trinajstić information content (AvgIpc) is 2.69. The lowest BCUT2D eigenvalue weighted by atomic mass is 10.1. The highest BCUT2D eigenvalue weighted by atomic mass is 16.2. The first-order chi connectivity index (χ1) is 12.8. The molecule has 1 N–H and O–H groups in total. The number of benzene rings is 1. The molecular formula is C19H20N6O. The number of aromatic nitrogens is 3. The van der Waals surface area contributed by atoms with Crippen LogP contribution in [0, 0.1) is 0 Å². The molecule has 0 saturated carbocycles. The monoisotopic (exact) mass is 348 g/mol. The predicted molar refractivity (Wildman–Crippen MR) is 99.6 cm³/mol. The molecule has 4 rings (SSSR count). The summed E-state index contributed by atoms with van der Waals surface area (Å²) in [6.07, 6.45) is 3.52. The number of nitrogens with zero attached hydrogens (tertiary/aromatic N) is 5. The summed E-state index contributed by atoms with van der Waals surface area (Å²) in [4.78, 5) is 21.0. The fourth-order valence-electron chi connectivity index (χ4n) is 3.13. The van der Waals surface area contributed by atoms with E-state index in [4.69, 9.17) is 0 Å². The van der Waals surface area contributed by atoms with E-state index in [0.29, 0.717) is 18.9 Å². The third-order valence-electron chi connectivity index (χ3n) is 4.52. The third-order valence-corrected chi connectivity index (χ3v) is 4.52. The number of pyridine rings is 1. The normalized spacial score (nSPS) is 15.2. The molecule has 2 aromatic heterocycles. The highest BCUT2D eigenvalue weighted by Crippen LogP contribution is 2.15. The standard InChI is InChI=1S/C19H20N6O/c26-19(22-18-6-3-7-21-23-18)25-10-8-24(9-11-25)14-15-12-16-4-1-2-5-17(16)20-13-15/h1-7,12-13H,8-11,14H2,(H,22,23,26). The second kappa shape index (κ2) is 7.45. The van der Waals surface area contributed by atoms with E-state index < -0.39 is 0 Å². The van der Waals surface area contributed by atoms with Crippen LogP contribution in [0.3, 0.4) is 0 Å². The van der Waals surface area contributed by atoms with Crippen molar-refractivity contribution in [3.63, 3.8) is 0 Å². The van der Waals surface area contributed by atoms with E-state index in [-0.39, 0.29) is 6.03 Å². The summed E-state index contributed by atoms with van der Waals surface area (Å²) in [6.45, 7) is 3.89. The molecule has 1 aliphatic rings. The van der Waals surface area contributed by atoms with E-state index >= 15 is 0 Å². The topological polar surface area (TPSA) is 74.2 Å². The Hall–Kier alpha value is -3.06. The fourth-order valence-corrected chi connectivity index (χ4v) is 3.13. The average molecular weight is 348 g/mol. The van der Waals surface area contributed by atoms with Gasteiger partial charge in [-0.25, -0.2) is 4.79 Å². The van der Waals surface area contributed by atoms with Crippen molar-refractivity contribution in [3.05, 3.63) is 60.4 Å². The molecule has 1 aliphatic heterocycles. The van der Waals surface area contributed by atoms with Crippen LogP contribution in [0.5, 0.6) is 0 Å². The fraction of sp³-hybridized carbons (Fsp3) is 0.263. The predicted octanol–water partition coefficient (Wildman–Crippen LogP) is 2.37. The van der Waals surface area contributed by atoms with Gasteiger partial charge in [-0.2, -0.15) is 5.10 Å². The zero-order valence-electron chi connectivity index (χ0n) is 14.4. The van der Waals surface area contributed by atoms with Gasteiger partial charge in [0.1, 0.15) is 0 Å². The number of rotatable bonds is 3. The van der Waals surface area contributed by atoms with Crippen LogP contribution in [0.4, 0.5) is 10.6 Å². The van der Waals surface area contributed by atoms with Gasteiger partial charge in [0.25, 0.3) is 0 Å². The van der Waals surface area contributed by atoms with E-state index in [1.165, 1.54) is 5.56 Å². The number of para-hydroxylation sites is 1. The molecular weight excluding hydrogens is 328 g/mol. The summed E-state index contributed by atoms with van der Waals surface area (Å²) in [5.74, 6) is 0.474. The van der Waals surface area contributed by atoms with Crippen molar-refractivity contribution in [2.75, 3.05) is 31.5 Å². The quantitative estimate of drug-likeness (QED) is 0.787. The molecule has 0 atom stereocenters. The minimum absolute atomic E-state index is 0.127. The Kier molecular flexibility index (Phi) is 4.70. The summed E-state index contributed by atoms with van der Waals surface area (Å²) in [7, 11) is 0. The molecule has 132 valence electrons. The zero-order valence-corrected chi connectivity index (χ0v) is 14.4. The maximum atomic E-state index is 12.3. The van der Waals surface area contributed by atoms with Crippen molar-refractivity contribution in [2.45, 2.75) is 6.54 Å². The van der Waals surface area contributed by atoms with Gasteiger partial charge in [-0.15, -0.1) is 5.10 Å². The largest absolute Gasteiger partial charge is 0.323 e. The van der Waals surface area contributed by atoms with Crippen LogP contribution in [0.15, 0.2) is 54.9 Å². The molecule has 1 saturated heterocycles. The lowest BCUT2D eigenvalue weighted by Gasteiger charge is -2.34. The van der Waals surface area contributed by atoms with Crippen LogP contribution >= 0.6 is 0 Å². The Morgan fingerprint density at radius 1 is 1.08 bits per heavy atom. The highest BCUT2D eigenvalue weighted by Gasteiger charge is 2.21. The number of nitrogens with one attached hydrogen (secondary N) is 1. The van der Waals surface area contributed by atoms with E-state index in [9.17, 15) is 4.79 Å². The van der Waals surface area contributed by atoms with Gasteiger partial charge in [-0.1, -0.05) is 18.2 Å². The molecule has 0 aliphatic carbocycles. The Bertz CT molecular complexity index is 893. The number of carbonyl (C=O) groups excluding carboxylic acids is 1. The second-order valence-electron chi connectivity index (χ2n) is 6.34. The van der Waals surface area contributed by atoms with Crippen molar-refractivity contribution in [1.82, 2.24) is 25.0 Å². The molecule has 3 aromatic rings. The first kappa shape index (κ1) is 16.4. The Balaban J connectivity index is 1.32. The summed E-state index contributed by atoms with van der Waals surface area (Å²) in [5, 5.41) is 11.6. The van der Waals surface area contributed by atoms with Crippen LogP contribution in [0.2, 0.25) is 0 Å². The molecule has 7 nitrogen and oxygen atoms in total.